The third kappa shape index (κ3) is 6.24. The van der Waals surface area contributed by atoms with Crippen LogP contribution in [0.25, 0.3) is 0 Å². The van der Waals surface area contributed by atoms with Crippen molar-refractivity contribution in [3.05, 3.63) is 54.1 Å². The maximum absolute atomic E-state index is 6.14. The number of benzene rings is 2. The van der Waals surface area contributed by atoms with Crippen molar-refractivity contribution < 1.29 is 9.47 Å². The molecule has 3 N–H and O–H groups in total. The fourth-order valence-electron chi connectivity index (χ4n) is 3.88. The third-order valence-corrected chi connectivity index (χ3v) is 5.30. The van der Waals surface area contributed by atoms with Crippen LogP contribution in [0.5, 0.6) is 11.5 Å². The number of guanidine groups is 1. The molecule has 2 unspecified atom stereocenters. The smallest absolute Gasteiger partial charge is 0.193 e. The maximum Gasteiger partial charge on any atom is 0.193 e. The SMILES string of the molecule is COc1ccc(C2C(CN=C(N)Nc3cccc(OC)c3)CCCN2C)cc1.I. The first-order valence-electron chi connectivity index (χ1n) is 9.66. The Labute approximate surface area is 190 Å². The normalized spacial score (nSPS) is 19.9. The predicted octanol–water partition coefficient (Wildman–Crippen LogP) is 4.13. The number of nitrogens with one attached hydrogen (secondary N) is 1. The molecule has 0 spiro atoms. The van der Waals surface area contributed by atoms with Gasteiger partial charge in [-0.1, -0.05) is 18.2 Å². The van der Waals surface area contributed by atoms with Gasteiger partial charge < -0.3 is 20.5 Å². The minimum absolute atomic E-state index is 0. The summed E-state index contributed by atoms with van der Waals surface area (Å²) >= 11 is 0. The number of nitrogens with zero attached hydrogens (tertiary/aromatic N) is 2. The van der Waals surface area contributed by atoms with E-state index >= 15 is 0 Å². The van der Waals surface area contributed by atoms with Crippen molar-refractivity contribution in [3.63, 3.8) is 0 Å². The standard InChI is InChI=1S/C22H30N4O2.HI/c1-26-13-5-6-17(21(26)16-9-11-19(27-2)12-10-16)15-24-22(23)25-18-7-4-8-20(14-18)28-3;/h4,7-12,14,17,21H,5-6,13,15H2,1-3H3,(H3,23,24,25);1H. The van der Waals surface area contributed by atoms with Gasteiger partial charge in [-0.25, -0.2) is 0 Å². The summed E-state index contributed by atoms with van der Waals surface area (Å²) in [5.41, 5.74) is 8.30. The van der Waals surface area contributed by atoms with Crippen molar-refractivity contribution in [1.29, 1.82) is 0 Å². The molecule has 0 radical (unpaired) electrons. The van der Waals surface area contributed by atoms with Gasteiger partial charge in [-0.2, -0.15) is 0 Å². The van der Waals surface area contributed by atoms with E-state index in [1.807, 2.05) is 36.4 Å². The predicted molar refractivity (Wildman–Crippen MR) is 130 cm³/mol. The zero-order valence-electron chi connectivity index (χ0n) is 17.3. The summed E-state index contributed by atoms with van der Waals surface area (Å²) in [5.74, 6) is 2.50. The molecular formula is C22H31IN4O2. The lowest BCUT2D eigenvalue weighted by atomic mass is 9.85. The molecule has 2 aromatic rings. The van der Waals surface area contributed by atoms with Crippen molar-refractivity contribution in [2.24, 2.45) is 16.6 Å². The number of aliphatic imine (C=N–C) groups is 1. The van der Waals surface area contributed by atoms with Crippen LogP contribution < -0.4 is 20.5 Å². The second kappa shape index (κ2) is 11.3. The van der Waals surface area contributed by atoms with Crippen molar-refractivity contribution in [2.75, 3.05) is 39.7 Å². The number of anilines is 1. The fraction of sp³-hybridized carbons (Fsp3) is 0.409. The van der Waals surface area contributed by atoms with Gasteiger partial charge in [-0.3, -0.25) is 9.89 Å². The van der Waals surface area contributed by atoms with Crippen LogP contribution in [-0.2, 0) is 0 Å². The van der Waals surface area contributed by atoms with Gasteiger partial charge in [0, 0.05) is 24.3 Å². The molecule has 0 bridgehead atoms. The minimum Gasteiger partial charge on any atom is -0.497 e. The summed E-state index contributed by atoms with van der Waals surface area (Å²) < 4.78 is 10.5. The molecule has 0 saturated carbocycles. The van der Waals surface area contributed by atoms with E-state index in [2.05, 4.69) is 34.4 Å². The molecule has 158 valence electrons. The van der Waals surface area contributed by atoms with Crippen molar-refractivity contribution in [3.8, 4) is 11.5 Å². The van der Waals surface area contributed by atoms with E-state index in [-0.39, 0.29) is 24.0 Å². The summed E-state index contributed by atoms with van der Waals surface area (Å²) in [6, 6.07) is 16.3. The number of halogens is 1. The molecular weight excluding hydrogens is 479 g/mol. The highest BCUT2D eigenvalue weighted by Crippen LogP contribution is 2.35. The average Bonchev–Trinajstić information content (AvgIpc) is 2.72. The molecule has 1 saturated heterocycles. The van der Waals surface area contributed by atoms with Gasteiger partial charge in [0.05, 0.1) is 14.2 Å². The molecule has 1 aliphatic heterocycles. The molecule has 1 aliphatic rings. The molecule has 6 nitrogen and oxygen atoms in total. The van der Waals surface area contributed by atoms with E-state index in [9.17, 15) is 0 Å². The number of rotatable bonds is 6. The molecule has 1 heterocycles. The van der Waals surface area contributed by atoms with Gasteiger partial charge in [0.1, 0.15) is 11.5 Å². The van der Waals surface area contributed by atoms with E-state index < -0.39 is 0 Å². The molecule has 29 heavy (non-hydrogen) atoms. The molecule has 1 fully saturated rings. The van der Waals surface area contributed by atoms with Crippen LogP contribution in [0.2, 0.25) is 0 Å². The molecule has 2 aromatic carbocycles. The summed E-state index contributed by atoms with van der Waals surface area (Å²) in [7, 11) is 5.52. The highest BCUT2D eigenvalue weighted by Gasteiger charge is 2.30. The van der Waals surface area contributed by atoms with Crippen LogP contribution in [-0.4, -0.2) is 45.2 Å². The first-order chi connectivity index (χ1) is 13.6. The number of piperidine rings is 1. The number of methoxy groups -OCH3 is 2. The fourth-order valence-corrected chi connectivity index (χ4v) is 3.88. The Hall–Kier alpha value is -2.00. The van der Waals surface area contributed by atoms with E-state index in [1.165, 1.54) is 12.0 Å². The summed E-state index contributed by atoms with van der Waals surface area (Å²) in [6.45, 7) is 1.78. The number of likely N-dealkylation sites (tertiary alicyclic amines) is 1. The number of nitrogens with two attached hydrogens (primary N) is 1. The highest BCUT2D eigenvalue weighted by atomic mass is 127. The van der Waals surface area contributed by atoms with Gasteiger partial charge in [0.15, 0.2) is 5.96 Å². The largest absolute Gasteiger partial charge is 0.497 e. The summed E-state index contributed by atoms with van der Waals surface area (Å²) in [6.07, 6.45) is 2.31. The molecule has 0 amide bonds. The molecule has 2 atom stereocenters. The van der Waals surface area contributed by atoms with Crippen molar-refractivity contribution >= 4 is 35.6 Å². The number of ether oxygens (including phenoxy) is 2. The lowest BCUT2D eigenvalue weighted by Crippen LogP contribution is -2.38. The Morgan fingerprint density at radius 2 is 1.86 bits per heavy atom. The van der Waals surface area contributed by atoms with Gasteiger partial charge in [0.2, 0.25) is 0 Å². The second-order valence-electron chi connectivity index (χ2n) is 7.18. The monoisotopic (exact) mass is 510 g/mol. The van der Waals surface area contributed by atoms with E-state index in [4.69, 9.17) is 15.2 Å². The van der Waals surface area contributed by atoms with E-state index in [0.717, 1.165) is 30.2 Å². The van der Waals surface area contributed by atoms with Gasteiger partial charge in [-0.15, -0.1) is 24.0 Å². The number of hydrogen-bond donors (Lipinski definition) is 2. The average molecular weight is 510 g/mol. The van der Waals surface area contributed by atoms with Gasteiger partial charge >= 0.3 is 0 Å². The van der Waals surface area contributed by atoms with Crippen molar-refractivity contribution in [2.45, 2.75) is 18.9 Å². The van der Waals surface area contributed by atoms with Crippen LogP contribution in [0, 0.1) is 5.92 Å². The summed E-state index contributed by atoms with van der Waals surface area (Å²) in [4.78, 5) is 7.05. The Morgan fingerprint density at radius 1 is 1.14 bits per heavy atom. The topological polar surface area (TPSA) is 72.1 Å². The van der Waals surface area contributed by atoms with Crippen molar-refractivity contribution in [1.82, 2.24) is 4.90 Å². The van der Waals surface area contributed by atoms with Crippen LogP contribution in [0.3, 0.4) is 0 Å². The minimum atomic E-state index is 0. The molecule has 3 rings (SSSR count). The zero-order valence-corrected chi connectivity index (χ0v) is 19.6. The highest BCUT2D eigenvalue weighted by molar-refractivity contribution is 14.0. The molecule has 0 aliphatic carbocycles. The zero-order chi connectivity index (χ0) is 19.9. The van der Waals surface area contributed by atoms with Crippen LogP contribution in [0.15, 0.2) is 53.5 Å². The van der Waals surface area contributed by atoms with Crippen LogP contribution in [0.1, 0.15) is 24.4 Å². The Kier molecular flexibility index (Phi) is 9.03. The Bertz CT molecular complexity index is 798. The Morgan fingerprint density at radius 3 is 2.55 bits per heavy atom. The van der Waals surface area contributed by atoms with Crippen LogP contribution >= 0.6 is 24.0 Å². The lowest BCUT2D eigenvalue weighted by Gasteiger charge is -2.39. The summed E-state index contributed by atoms with van der Waals surface area (Å²) in [5, 5.41) is 3.15. The van der Waals surface area contributed by atoms with Gasteiger partial charge in [0.25, 0.3) is 0 Å². The molecule has 7 heteroatoms. The van der Waals surface area contributed by atoms with E-state index in [0.29, 0.717) is 24.5 Å². The number of hydrogen-bond acceptors (Lipinski definition) is 4. The quantitative estimate of drug-likeness (QED) is 0.348. The van der Waals surface area contributed by atoms with Gasteiger partial charge in [-0.05, 0) is 62.2 Å². The third-order valence-electron chi connectivity index (χ3n) is 5.30. The maximum atomic E-state index is 6.14. The first kappa shape index (κ1) is 23.3. The van der Waals surface area contributed by atoms with E-state index in [1.54, 1.807) is 14.2 Å². The first-order valence-corrected chi connectivity index (χ1v) is 9.66. The lowest BCUT2D eigenvalue weighted by molar-refractivity contribution is 0.125. The van der Waals surface area contributed by atoms with Crippen LogP contribution in [0.4, 0.5) is 5.69 Å². The Balaban J connectivity index is 0.00000300. The molecule has 0 aromatic heterocycles. The second-order valence-corrected chi connectivity index (χ2v) is 7.18.